The number of benzene rings is 2. The summed E-state index contributed by atoms with van der Waals surface area (Å²) in [6.07, 6.45) is 0.462. The number of rotatable bonds is 4. The van der Waals surface area contributed by atoms with Crippen molar-refractivity contribution in [2.45, 2.75) is 13.3 Å². The van der Waals surface area contributed by atoms with E-state index in [0.29, 0.717) is 12.2 Å². The van der Waals surface area contributed by atoms with Crippen LogP contribution in [0.2, 0.25) is 0 Å². The molecule has 2 aromatic carbocycles. The lowest BCUT2D eigenvalue weighted by Gasteiger charge is -2.08. The maximum atomic E-state index is 11.3. The number of hydrogen-bond acceptors (Lipinski definition) is 2. The lowest BCUT2D eigenvalue weighted by atomic mass is 10.3. The van der Waals surface area contributed by atoms with Gasteiger partial charge in [-0.15, -0.1) is 0 Å². The first kappa shape index (κ1) is 12.2. The normalized spacial score (nSPS) is 9.83. The van der Waals surface area contributed by atoms with Gasteiger partial charge in [-0.1, -0.05) is 31.2 Å². The Morgan fingerprint density at radius 3 is 2.50 bits per heavy atom. The van der Waals surface area contributed by atoms with E-state index in [1.54, 1.807) is 6.07 Å². The van der Waals surface area contributed by atoms with Gasteiger partial charge in [-0.25, -0.2) is 0 Å². The largest absolute Gasteiger partial charge is 0.457 e. The number of ether oxygens (including phenoxy) is 1. The summed E-state index contributed by atoms with van der Waals surface area (Å²) in [6, 6.07) is 16.9. The molecule has 1 amide bonds. The van der Waals surface area contributed by atoms with E-state index in [4.69, 9.17) is 4.74 Å². The predicted molar refractivity (Wildman–Crippen MR) is 71.9 cm³/mol. The van der Waals surface area contributed by atoms with Gasteiger partial charge in [0.1, 0.15) is 11.5 Å². The molecule has 0 aliphatic heterocycles. The molecule has 0 saturated carbocycles. The molecule has 0 heterocycles. The first-order chi connectivity index (χ1) is 8.78. The summed E-state index contributed by atoms with van der Waals surface area (Å²) >= 11 is 0. The van der Waals surface area contributed by atoms with Crippen LogP contribution in [0, 0.1) is 0 Å². The van der Waals surface area contributed by atoms with Crippen LogP contribution in [0.1, 0.15) is 13.3 Å². The van der Waals surface area contributed by atoms with E-state index < -0.39 is 0 Å². The molecule has 0 saturated heterocycles. The summed E-state index contributed by atoms with van der Waals surface area (Å²) in [5, 5.41) is 2.80. The van der Waals surface area contributed by atoms with Crippen LogP contribution in [0.5, 0.6) is 11.5 Å². The molecule has 0 spiro atoms. The molecule has 0 atom stereocenters. The maximum Gasteiger partial charge on any atom is 0.224 e. The Morgan fingerprint density at radius 1 is 1.06 bits per heavy atom. The highest BCUT2D eigenvalue weighted by atomic mass is 16.5. The fraction of sp³-hybridized carbons (Fsp3) is 0.133. The van der Waals surface area contributed by atoms with Gasteiger partial charge in [0, 0.05) is 18.2 Å². The zero-order valence-electron chi connectivity index (χ0n) is 10.2. The second kappa shape index (κ2) is 5.87. The molecule has 2 aromatic rings. The molecule has 3 nitrogen and oxygen atoms in total. The van der Waals surface area contributed by atoms with E-state index in [-0.39, 0.29) is 5.91 Å². The smallest absolute Gasteiger partial charge is 0.224 e. The lowest BCUT2D eigenvalue weighted by molar-refractivity contribution is -0.115. The van der Waals surface area contributed by atoms with Crippen LogP contribution in [-0.4, -0.2) is 5.91 Å². The topological polar surface area (TPSA) is 38.3 Å². The van der Waals surface area contributed by atoms with Crippen molar-refractivity contribution >= 4 is 11.6 Å². The zero-order valence-corrected chi connectivity index (χ0v) is 10.2. The van der Waals surface area contributed by atoms with Gasteiger partial charge in [0.15, 0.2) is 0 Å². The van der Waals surface area contributed by atoms with Crippen molar-refractivity contribution in [2.24, 2.45) is 0 Å². The number of carbonyl (C=O) groups is 1. The van der Waals surface area contributed by atoms with Gasteiger partial charge in [0.05, 0.1) is 0 Å². The minimum Gasteiger partial charge on any atom is -0.457 e. The summed E-state index contributed by atoms with van der Waals surface area (Å²) in [5.41, 5.74) is 0.746. The van der Waals surface area contributed by atoms with Gasteiger partial charge < -0.3 is 10.1 Å². The standard InChI is InChI=1S/C15H15NO2/c1-2-15(17)16-12-7-6-10-14(11-12)18-13-8-4-3-5-9-13/h3-11H,2H2,1H3,(H,16,17). The van der Waals surface area contributed by atoms with Crippen molar-refractivity contribution in [1.29, 1.82) is 0 Å². The third kappa shape index (κ3) is 3.35. The third-order valence-electron chi connectivity index (χ3n) is 2.42. The summed E-state index contributed by atoms with van der Waals surface area (Å²) in [5.74, 6) is 1.47. The molecular weight excluding hydrogens is 226 g/mol. The van der Waals surface area contributed by atoms with E-state index in [9.17, 15) is 4.79 Å². The number of para-hydroxylation sites is 1. The average Bonchev–Trinajstić information content (AvgIpc) is 2.40. The molecule has 0 radical (unpaired) electrons. The van der Waals surface area contributed by atoms with Gasteiger partial charge in [-0.05, 0) is 24.3 Å². The van der Waals surface area contributed by atoms with Gasteiger partial charge in [-0.3, -0.25) is 4.79 Å². The summed E-state index contributed by atoms with van der Waals surface area (Å²) < 4.78 is 5.68. The van der Waals surface area contributed by atoms with E-state index in [2.05, 4.69) is 5.32 Å². The van der Waals surface area contributed by atoms with Crippen molar-refractivity contribution in [1.82, 2.24) is 0 Å². The molecule has 2 rings (SSSR count). The predicted octanol–water partition coefficient (Wildman–Crippen LogP) is 3.83. The Balaban J connectivity index is 2.10. The molecular formula is C15H15NO2. The first-order valence-electron chi connectivity index (χ1n) is 5.91. The highest BCUT2D eigenvalue weighted by molar-refractivity contribution is 5.90. The maximum absolute atomic E-state index is 11.3. The highest BCUT2D eigenvalue weighted by Crippen LogP contribution is 2.23. The number of anilines is 1. The van der Waals surface area contributed by atoms with Crippen LogP contribution >= 0.6 is 0 Å². The Hall–Kier alpha value is -2.29. The molecule has 3 heteroatoms. The number of amides is 1. The van der Waals surface area contributed by atoms with Gasteiger partial charge in [-0.2, -0.15) is 0 Å². The second-order valence-corrected chi connectivity index (χ2v) is 3.84. The van der Waals surface area contributed by atoms with E-state index >= 15 is 0 Å². The van der Waals surface area contributed by atoms with Crippen molar-refractivity contribution in [3.05, 3.63) is 54.6 Å². The highest BCUT2D eigenvalue weighted by Gasteiger charge is 2.01. The molecule has 1 N–H and O–H groups in total. The van der Waals surface area contributed by atoms with Crippen molar-refractivity contribution in [3.8, 4) is 11.5 Å². The lowest BCUT2D eigenvalue weighted by Crippen LogP contribution is -2.09. The van der Waals surface area contributed by atoms with Crippen LogP contribution in [0.25, 0.3) is 0 Å². The number of nitrogens with one attached hydrogen (secondary N) is 1. The third-order valence-corrected chi connectivity index (χ3v) is 2.42. The SMILES string of the molecule is CCC(=O)Nc1cccc(Oc2ccccc2)c1. The van der Waals surface area contributed by atoms with E-state index in [1.165, 1.54) is 0 Å². The molecule has 0 aliphatic rings. The van der Waals surface area contributed by atoms with Crippen molar-refractivity contribution < 1.29 is 9.53 Å². The van der Waals surface area contributed by atoms with Crippen LogP contribution in [0.15, 0.2) is 54.6 Å². The van der Waals surface area contributed by atoms with Crippen LogP contribution in [0.4, 0.5) is 5.69 Å². The minimum absolute atomic E-state index is 0.00754. The van der Waals surface area contributed by atoms with Gasteiger partial charge >= 0.3 is 0 Å². The van der Waals surface area contributed by atoms with Crippen molar-refractivity contribution in [3.63, 3.8) is 0 Å². The van der Waals surface area contributed by atoms with E-state index in [0.717, 1.165) is 11.4 Å². The Kier molecular flexibility index (Phi) is 3.97. The van der Waals surface area contributed by atoms with Gasteiger partial charge in [0.2, 0.25) is 5.91 Å². The summed E-state index contributed by atoms with van der Waals surface area (Å²) in [6.45, 7) is 1.82. The van der Waals surface area contributed by atoms with Gasteiger partial charge in [0.25, 0.3) is 0 Å². The molecule has 0 fully saturated rings. The molecule has 0 bridgehead atoms. The first-order valence-corrected chi connectivity index (χ1v) is 5.91. The fourth-order valence-corrected chi connectivity index (χ4v) is 1.51. The second-order valence-electron chi connectivity index (χ2n) is 3.84. The van der Waals surface area contributed by atoms with Crippen LogP contribution in [-0.2, 0) is 4.79 Å². The molecule has 0 unspecified atom stereocenters. The Morgan fingerprint density at radius 2 is 1.78 bits per heavy atom. The number of carbonyl (C=O) groups excluding carboxylic acids is 1. The molecule has 0 aromatic heterocycles. The van der Waals surface area contributed by atoms with Crippen LogP contribution < -0.4 is 10.1 Å². The summed E-state index contributed by atoms with van der Waals surface area (Å²) in [4.78, 5) is 11.3. The summed E-state index contributed by atoms with van der Waals surface area (Å²) in [7, 11) is 0. The molecule has 18 heavy (non-hydrogen) atoms. The monoisotopic (exact) mass is 241 g/mol. The molecule has 92 valence electrons. The van der Waals surface area contributed by atoms with Crippen LogP contribution in [0.3, 0.4) is 0 Å². The molecule has 0 aliphatic carbocycles. The zero-order chi connectivity index (χ0) is 12.8. The fourth-order valence-electron chi connectivity index (χ4n) is 1.51. The van der Waals surface area contributed by atoms with Crippen molar-refractivity contribution in [2.75, 3.05) is 5.32 Å². The number of hydrogen-bond donors (Lipinski definition) is 1. The Labute approximate surface area is 106 Å². The van der Waals surface area contributed by atoms with E-state index in [1.807, 2.05) is 55.5 Å². The Bertz CT molecular complexity index is 523. The quantitative estimate of drug-likeness (QED) is 0.883. The average molecular weight is 241 g/mol. The minimum atomic E-state index is -0.00754.